The first-order valence-electron chi connectivity index (χ1n) is 8.29. The van der Waals surface area contributed by atoms with Crippen molar-refractivity contribution in [3.8, 4) is 17.1 Å². The van der Waals surface area contributed by atoms with Crippen molar-refractivity contribution in [1.29, 1.82) is 0 Å². The maximum Gasteiger partial charge on any atom is 0.240 e. The summed E-state index contributed by atoms with van der Waals surface area (Å²) >= 11 is 0. The Kier molecular flexibility index (Phi) is 5.82. The van der Waals surface area contributed by atoms with Gasteiger partial charge in [-0.3, -0.25) is 0 Å². The van der Waals surface area contributed by atoms with Gasteiger partial charge in [0.15, 0.2) is 0 Å². The third kappa shape index (κ3) is 4.89. The molecule has 142 valence electrons. The summed E-state index contributed by atoms with van der Waals surface area (Å²) in [7, 11) is -3.65. The standard InChI is InChI=1S/C18H18FN3O4S/c1-2-25-15-7-9-16(10-8-15)27(23,24)20-12-11-17-21-18(22-26-17)13-3-5-14(19)6-4-13/h3-10,20H,2,11-12H2,1H3. The van der Waals surface area contributed by atoms with Gasteiger partial charge in [0.2, 0.25) is 21.7 Å². The van der Waals surface area contributed by atoms with E-state index in [4.69, 9.17) is 9.26 Å². The number of rotatable bonds is 8. The van der Waals surface area contributed by atoms with Gasteiger partial charge in [0.1, 0.15) is 11.6 Å². The quantitative estimate of drug-likeness (QED) is 0.635. The molecule has 0 radical (unpaired) electrons. The zero-order valence-corrected chi connectivity index (χ0v) is 15.4. The number of sulfonamides is 1. The second kappa shape index (κ2) is 8.28. The molecule has 0 saturated carbocycles. The van der Waals surface area contributed by atoms with Crippen molar-refractivity contribution in [3.63, 3.8) is 0 Å². The van der Waals surface area contributed by atoms with Crippen LogP contribution < -0.4 is 9.46 Å². The van der Waals surface area contributed by atoms with E-state index in [-0.39, 0.29) is 29.6 Å². The molecule has 27 heavy (non-hydrogen) atoms. The summed E-state index contributed by atoms with van der Waals surface area (Å²) in [5.41, 5.74) is 0.612. The van der Waals surface area contributed by atoms with Crippen LogP contribution in [0.1, 0.15) is 12.8 Å². The molecule has 0 saturated heterocycles. The molecule has 0 aliphatic heterocycles. The number of benzene rings is 2. The van der Waals surface area contributed by atoms with Crippen LogP contribution in [-0.4, -0.2) is 31.7 Å². The van der Waals surface area contributed by atoms with Gasteiger partial charge >= 0.3 is 0 Å². The predicted molar refractivity (Wildman–Crippen MR) is 96.2 cm³/mol. The number of hydrogen-bond donors (Lipinski definition) is 1. The molecule has 3 aromatic rings. The summed E-state index contributed by atoms with van der Waals surface area (Å²) in [5, 5.41) is 3.82. The molecular formula is C18H18FN3O4S. The number of hydrogen-bond acceptors (Lipinski definition) is 6. The Labute approximate surface area is 156 Å². The van der Waals surface area contributed by atoms with Crippen molar-refractivity contribution in [2.24, 2.45) is 0 Å². The van der Waals surface area contributed by atoms with Crippen LogP contribution in [0.2, 0.25) is 0 Å². The number of halogens is 1. The third-order valence-corrected chi connectivity index (χ3v) is 5.12. The molecule has 0 amide bonds. The van der Waals surface area contributed by atoms with E-state index < -0.39 is 10.0 Å². The van der Waals surface area contributed by atoms with Crippen LogP contribution in [0.5, 0.6) is 5.75 Å². The first-order chi connectivity index (χ1) is 13.0. The largest absolute Gasteiger partial charge is 0.494 e. The topological polar surface area (TPSA) is 94.3 Å². The smallest absolute Gasteiger partial charge is 0.240 e. The highest BCUT2D eigenvalue weighted by Crippen LogP contribution is 2.17. The van der Waals surface area contributed by atoms with E-state index in [2.05, 4.69) is 14.9 Å². The SMILES string of the molecule is CCOc1ccc(S(=O)(=O)NCCc2nc(-c3ccc(F)cc3)no2)cc1. The fourth-order valence-corrected chi connectivity index (χ4v) is 3.36. The Morgan fingerprint density at radius 1 is 1.11 bits per heavy atom. The molecule has 0 fully saturated rings. The van der Waals surface area contributed by atoms with Crippen molar-refractivity contribution in [1.82, 2.24) is 14.9 Å². The van der Waals surface area contributed by atoms with Crippen molar-refractivity contribution in [3.05, 3.63) is 60.2 Å². The highest BCUT2D eigenvalue weighted by Gasteiger charge is 2.15. The van der Waals surface area contributed by atoms with Gasteiger partial charge < -0.3 is 9.26 Å². The minimum absolute atomic E-state index is 0.0978. The van der Waals surface area contributed by atoms with Crippen molar-refractivity contribution in [2.75, 3.05) is 13.2 Å². The van der Waals surface area contributed by atoms with E-state index in [1.165, 1.54) is 24.3 Å². The van der Waals surface area contributed by atoms with Gasteiger partial charge in [-0.05, 0) is 55.5 Å². The lowest BCUT2D eigenvalue weighted by Gasteiger charge is -2.07. The van der Waals surface area contributed by atoms with Crippen LogP contribution >= 0.6 is 0 Å². The van der Waals surface area contributed by atoms with E-state index in [0.29, 0.717) is 23.7 Å². The number of nitrogens with zero attached hydrogens (tertiary/aromatic N) is 2. The maximum absolute atomic E-state index is 13.0. The molecule has 3 rings (SSSR count). The zero-order chi connectivity index (χ0) is 19.3. The van der Waals surface area contributed by atoms with E-state index >= 15 is 0 Å². The predicted octanol–water partition coefficient (Wildman–Crippen LogP) is 2.80. The first kappa shape index (κ1) is 19.0. The van der Waals surface area contributed by atoms with E-state index in [1.807, 2.05) is 6.92 Å². The van der Waals surface area contributed by atoms with Gasteiger partial charge in [-0.1, -0.05) is 5.16 Å². The summed E-state index contributed by atoms with van der Waals surface area (Å²) in [6.07, 6.45) is 0.227. The van der Waals surface area contributed by atoms with Crippen LogP contribution in [0.3, 0.4) is 0 Å². The lowest BCUT2D eigenvalue weighted by Crippen LogP contribution is -2.26. The molecule has 1 aromatic heterocycles. The Morgan fingerprint density at radius 2 is 1.81 bits per heavy atom. The first-order valence-corrected chi connectivity index (χ1v) is 9.77. The minimum atomic E-state index is -3.65. The van der Waals surface area contributed by atoms with E-state index in [0.717, 1.165) is 0 Å². The molecule has 0 bridgehead atoms. The van der Waals surface area contributed by atoms with Crippen molar-refractivity contribution < 1.29 is 22.1 Å². The third-order valence-electron chi connectivity index (χ3n) is 3.65. The van der Waals surface area contributed by atoms with Crippen molar-refractivity contribution >= 4 is 10.0 Å². The average Bonchev–Trinajstić information content (AvgIpc) is 3.12. The number of nitrogens with one attached hydrogen (secondary N) is 1. The van der Waals surface area contributed by atoms with E-state index in [9.17, 15) is 12.8 Å². The van der Waals surface area contributed by atoms with Gasteiger partial charge in [0, 0.05) is 18.5 Å². The monoisotopic (exact) mass is 391 g/mol. The summed E-state index contributed by atoms with van der Waals surface area (Å²) in [4.78, 5) is 4.33. The molecule has 0 unspecified atom stereocenters. The average molecular weight is 391 g/mol. The molecule has 9 heteroatoms. The lowest BCUT2D eigenvalue weighted by atomic mass is 10.2. The maximum atomic E-state index is 13.0. The molecule has 0 aliphatic rings. The fourth-order valence-electron chi connectivity index (χ4n) is 2.33. The Hall–Kier alpha value is -2.78. The summed E-state index contributed by atoms with van der Waals surface area (Å²) in [5.74, 6) is 0.852. The normalized spacial score (nSPS) is 11.5. The number of aromatic nitrogens is 2. The van der Waals surface area contributed by atoms with E-state index in [1.54, 1.807) is 24.3 Å². The molecule has 0 atom stereocenters. The van der Waals surface area contributed by atoms with Gasteiger partial charge in [-0.15, -0.1) is 0 Å². The second-order valence-electron chi connectivity index (χ2n) is 5.57. The van der Waals surface area contributed by atoms with Crippen LogP contribution in [0.4, 0.5) is 4.39 Å². The fraction of sp³-hybridized carbons (Fsp3) is 0.222. The van der Waals surface area contributed by atoms with Gasteiger partial charge in [0.05, 0.1) is 11.5 Å². The molecule has 2 aromatic carbocycles. The zero-order valence-electron chi connectivity index (χ0n) is 14.6. The van der Waals surface area contributed by atoms with Gasteiger partial charge in [-0.25, -0.2) is 17.5 Å². The van der Waals surface area contributed by atoms with Crippen molar-refractivity contribution in [2.45, 2.75) is 18.2 Å². The Balaban J connectivity index is 1.58. The molecule has 1 heterocycles. The Bertz CT molecular complexity index is 986. The van der Waals surface area contributed by atoms with Crippen LogP contribution in [0, 0.1) is 5.82 Å². The summed E-state index contributed by atoms with van der Waals surface area (Å²) < 4.78 is 50.4. The summed E-state index contributed by atoms with van der Waals surface area (Å²) in [6, 6.07) is 11.8. The highest BCUT2D eigenvalue weighted by molar-refractivity contribution is 7.89. The van der Waals surface area contributed by atoms with Crippen LogP contribution in [0.15, 0.2) is 57.9 Å². The molecule has 7 nitrogen and oxygen atoms in total. The Morgan fingerprint density at radius 3 is 2.48 bits per heavy atom. The van der Waals surface area contributed by atoms with Gasteiger partial charge in [-0.2, -0.15) is 4.98 Å². The number of ether oxygens (including phenoxy) is 1. The minimum Gasteiger partial charge on any atom is -0.494 e. The lowest BCUT2D eigenvalue weighted by molar-refractivity contribution is 0.340. The molecule has 1 N–H and O–H groups in total. The molecule has 0 spiro atoms. The van der Waals surface area contributed by atoms with Crippen LogP contribution in [0.25, 0.3) is 11.4 Å². The highest BCUT2D eigenvalue weighted by atomic mass is 32.2. The molecular weight excluding hydrogens is 373 g/mol. The van der Waals surface area contributed by atoms with Crippen LogP contribution in [-0.2, 0) is 16.4 Å². The second-order valence-corrected chi connectivity index (χ2v) is 7.34. The summed E-state index contributed by atoms with van der Waals surface area (Å²) in [6.45, 7) is 2.46. The molecule has 0 aliphatic carbocycles. The van der Waals surface area contributed by atoms with Gasteiger partial charge in [0.25, 0.3) is 0 Å².